The van der Waals surface area contributed by atoms with Crippen LogP contribution in [0.15, 0.2) is 22.7 Å². The van der Waals surface area contributed by atoms with Gasteiger partial charge in [0.15, 0.2) is 0 Å². The van der Waals surface area contributed by atoms with Gasteiger partial charge in [-0.2, -0.15) is 0 Å². The quantitative estimate of drug-likeness (QED) is 0.747. The summed E-state index contributed by atoms with van der Waals surface area (Å²) >= 11 is 3.21. The summed E-state index contributed by atoms with van der Waals surface area (Å²) in [5.41, 5.74) is 7.32. The molecule has 1 aromatic carbocycles. The van der Waals surface area contributed by atoms with Gasteiger partial charge in [0.25, 0.3) is 0 Å². The molecule has 1 amide bonds. The van der Waals surface area contributed by atoms with Crippen molar-refractivity contribution >= 4 is 34.2 Å². The SMILES string of the molecule is CC(Cc1ccc(F)c(Br)c1)NC(=O)C1CC2CCCC(C1)C2N.Cl. The summed E-state index contributed by atoms with van der Waals surface area (Å²) in [6, 6.07) is 5.33. The highest BCUT2D eigenvalue weighted by Crippen LogP contribution is 2.41. The van der Waals surface area contributed by atoms with E-state index in [9.17, 15) is 9.18 Å². The second-order valence-electron chi connectivity index (χ2n) is 7.56. The van der Waals surface area contributed by atoms with Crippen LogP contribution in [0.2, 0.25) is 0 Å². The molecule has 0 heterocycles. The maximum Gasteiger partial charge on any atom is 0.223 e. The number of hydrogen-bond donors (Lipinski definition) is 2. The maximum atomic E-state index is 13.3. The molecular weight excluding hydrogens is 407 g/mol. The zero-order chi connectivity index (χ0) is 17.3. The largest absolute Gasteiger partial charge is 0.353 e. The third-order valence-corrected chi connectivity index (χ3v) is 6.31. The Balaban J connectivity index is 0.00000225. The minimum absolute atomic E-state index is 0. The molecule has 3 unspecified atom stereocenters. The lowest BCUT2D eigenvalue weighted by atomic mass is 9.65. The van der Waals surface area contributed by atoms with Crippen molar-refractivity contribution in [2.75, 3.05) is 0 Å². The van der Waals surface area contributed by atoms with Crippen molar-refractivity contribution in [2.45, 2.75) is 57.5 Å². The molecule has 2 bridgehead atoms. The zero-order valence-corrected chi connectivity index (χ0v) is 16.9. The summed E-state index contributed by atoms with van der Waals surface area (Å²) in [7, 11) is 0. The zero-order valence-electron chi connectivity index (χ0n) is 14.5. The summed E-state index contributed by atoms with van der Waals surface area (Å²) in [5, 5.41) is 3.15. The van der Waals surface area contributed by atoms with E-state index in [1.54, 1.807) is 12.1 Å². The Morgan fingerprint density at radius 1 is 1.36 bits per heavy atom. The third-order valence-electron chi connectivity index (χ3n) is 5.70. The van der Waals surface area contributed by atoms with Crippen LogP contribution in [0.1, 0.15) is 44.6 Å². The number of amides is 1. The van der Waals surface area contributed by atoms with Crippen LogP contribution in [0.4, 0.5) is 4.39 Å². The second kappa shape index (κ2) is 8.83. The normalized spacial score (nSPS) is 29.4. The number of carbonyl (C=O) groups excluding carboxylic acids is 1. The second-order valence-corrected chi connectivity index (χ2v) is 8.41. The molecule has 3 N–H and O–H groups in total. The fraction of sp³-hybridized carbons (Fsp3) is 0.632. The predicted octanol–water partition coefficient (Wildman–Crippen LogP) is 4.21. The number of hydrogen-bond acceptors (Lipinski definition) is 2. The molecule has 0 aliphatic heterocycles. The van der Waals surface area contributed by atoms with E-state index in [1.165, 1.54) is 25.3 Å². The number of rotatable bonds is 4. The third kappa shape index (κ3) is 4.95. The monoisotopic (exact) mass is 432 g/mol. The Bertz CT molecular complexity index is 601. The highest BCUT2D eigenvalue weighted by Gasteiger charge is 2.40. The Morgan fingerprint density at radius 3 is 2.60 bits per heavy atom. The number of nitrogens with two attached hydrogens (primary N) is 1. The Morgan fingerprint density at radius 2 is 2.00 bits per heavy atom. The summed E-state index contributed by atoms with van der Waals surface area (Å²) in [6.45, 7) is 2.00. The summed E-state index contributed by atoms with van der Waals surface area (Å²) < 4.78 is 13.8. The van der Waals surface area contributed by atoms with Crippen LogP contribution in [0.3, 0.4) is 0 Å². The minimum atomic E-state index is -0.263. The van der Waals surface area contributed by atoms with E-state index in [0.717, 1.165) is 18.4 Å². The summed E-state index contributed by atoms with van der Waals surface area (Å²) in [5.74, 6) is 1.02. The van der Waals surface area contributed by atoms with Gasteiger partial charge in [0.2, 0.25) is 5.91 Å². The molecule has 25 heavy (non-hydrogen) atoms. The van der Waals surface area contributed by atoms with Crippen molar-refractivity contribution < 1.29 is 9.18 Å². The van der Waals surface area contributed by atoms with Crippen LogP contribution >= 0.6 is 28.3 Å². The molecule has 2 saturated carbocycles. The lowest BCUT2D eigenvalue weighted by Gasteiger charge is -2.43. The van der Waals surface area contributed by atoms with E-state index in [0.29, 0.717) is 22.7 Å². The number of halogens is 3. The molecule has 0 saturated heterocycles. The molecule has 2 aliphatic carbocycles. The van der Waals surface area contributed by atoms with Crippen LogP contribution in [0, 0.1) is 23.6 Å². The van der Waals surface area contributed by atoms with Gasteiger partial charge < -0.3 is 11.1 Å². The molecule has 6 heteroatoms. The number of carbonyl (C=O) groups is 1. The molecule has 3 rings (SSSR count). The van der Waals surface area contributed by atoms with Gasteiger partial charge >= 0.3 is 0 Å². The molecule has 0 radical (unpaired) electrons. The highest BCUT2D eigenvalue weighted by molar-refractivity contribution is 9.10. The van der Waals surface area contributed by atoms with Gasteiger partial charge in [-0.25, -0.2) is 4.39 Å². The van der Waals surface area contributed by atoms with Crippen molar-refractivity contribution in [3.8, 4) is 0 Å². The van der Waals surface area contributed by atoms with Crippen LogP contribution in [-0.4, -0.2) is 18.0 Å². The molecule has 0 spiro atoms. The summed E-state index contributed by atoms with van der Waals surface area (Å²) in [6.07, 6.45) is 6.15. The van der Waals surface area contributed by atoms with Crippen LogP contribution in [0.5, 0.6) is 0 Å². The molecule has 2 aliphatic rings. The van der Waals surface area contributed by atoms with Crippen molar-refractivity contribution in [2.24, 2.45) is 23.5 Å². The van der Waals surface area contributed by atoms with Crippen molar-refractivity contribution in [3.05, 3.63) is 34.1 Å². The van der Waals surface area contributed by atoms with E-state index in [2.05, 4.69) is 21.2 Å². The van der Waals surface area contributed by atoms with Gasteiger partial charge in [-0.15, -0.1) is 12.4 Å². The number of benzene rings is 1. The van der Waals surface area contributed by atoms with Crippen LogP contribution in [0.25, 0.3) is 0 Å². The van der Waals surface area contributed by atoms with Gasteiger partial charge in [-0.05, 0) is 84.5 Å². The standard InChI is InChI=1S/C19H26BrFN2O.ClH/c1-11(7-12-5-6-17(21)16(20)8-12)23-19(24)15-9-13-3-2-4-14(10-15)18(13)22;/h5-6,8,11,13-15,18H,2-4,7,9-10,22H2,1H3,(H,23,24);1H. The first kappa shape index (κ1) is 20.7. The van der Waals surface area contributed by atoms with E-state index in [4.69, 9.17) is 5.73 Å². The van der Waals surface area contributed by atoms with Gasteiger partial charge in [-0.1, -0.05) is 12.5 Å². The summed E-state index contributed by atoms with van der Waals surface area (Å²) in [4.78, 5) is 12.6. The van der Waals surface area contributed by atoms with E-state index >= 15 is 0 Å². The molecule has 140 valence electrons. The minimum Gasteiger partial charge on any atom is -0.353 e. The number of nitrogens with one attached hydrogen (secondary N) is 1. The van der Waals surface area contributed by atoms with Gasteiger partial charge in [-0.3, -0.25) is 4.79 Å². The molecule has 3 nitrogen and oxygen atoms in total. The van der Waals surface area contributed by atoms with Gasteiger partial charge in [0.05, 0.1) is 4.47 Å². The first-order chi connectivity index (χ1) is 11.4. The highest BCUT2D eigenvalue weighted by atomic mass is 79.9. The first-order valence-corrected chi connectivity index (χ1v) is 9.73. The lowest BCUT2D eigenvalue weighted by Crippen LogP contribution is -2.50. The fourth-order valence-corrected chi connectivity index (χ4v) is 4.86. The van der Waals surface area contributed by atoms with E-state index < -0.39 is 0 Å². The van der Waals surface area contributed by atoms with Crippen molar-refractivity contribution in [3.63, 3.8) is 0 Å². The molecule has 2 fully saturated rings. The van der Waals surface area contributed by atoms with Crippen molar-refractivity contribution in [1.29, 1.82) is 0 Å². The fourth-order valence-electron chi connectivity index (χ4n) is 4.44. The van der Waals surface area contributed by atoms with E-state index in [1.807, 2.05) is 6.92 Å². The molecule has 1 aromatic rings. The molecule has 3 atom stereocenters. The lowest BCUT2D eigenvalue weighted by molar-refractivity contribution is -0.128. The van der Waals surface area contributed by atoms with Crippen molar-refractivity contribution in [1.82, 2.24) is 5.32 Å². The average Bonchev–Trinajstić information content (AvgIpc) is 2.50. The topological polar surface area (TPSA) is 55.1 Å². The predicted molar refractivity (Wildman–Crippen MR) is 104 cm³/mol. The Labute approximate surface area is 163 Å². The van der Waals surface area contributed by atoms with Crippen LogP contribution < -0.4 is 11.1 Å². The average molecular weight is 434 g/mol. The molecular formula is C19H27BrClFN2O. The molecule has 0 aromatic heterocycles. The van der Waals surface area contributed by atoms with Gasteiger partial charge in [0, 0.05) is 18.0 Å². The van der Waals surface area contributed by atoms with Crippen LogP contribution in [-0.2, 0) is 11.2 Å². The number of fused-ring (bicyclic) bond motifs is 2. The maximum absolute atomic E-state index is 13.3. The van der Waals surface area contributed by atoms with Gasteiger partial charge in [0.1, 0.15) is 5.82 Å². The van der Waals surface area contributed by atoms with E-state index in [-0.39, 0.29) is 42.1 Å². The Hall–Kier alpha value is -0.650. The first-order valence-electron chi connectivity index (χ1n) is 8.94. The Kier molecular flexibility index (Phi) is 7.29. The smallest absolute Gasteiger partial charge is 0.223 e.